The summed E-state index contributed by atoms with van der Waals surface area (Å²) in [6, 6.07) is 0. The molecule has 1 heterocycles. The van der Waals surface area contributed by atoms with Crippen molar-refractivity contribution in [3.63, 3.8) is 0 Å². The van der Waals surface area contributed by atoms with Crippen LogP contribution in [0.1, 0.15) is 46.1 Å². The number of nitrogens with two attached hydrogens (primary N) is 1. The Kier molecular flexibility index (Phi) is 5.73. The van der Waals surface area contributed by atoms with E-state index in [9.17, 15) is 4.79 Å². The van der Waals surface area contributed by atoms with E-state index in [0.717, 1.165) is 36.6 Å². The Morgan fingerprint density at radius 2 is 1.95 bits per heavy atom. The van der Waals surface area contributed by atoms with Crippen LogP contribution < -0.4 is 16.4 Å². The highest BCUT2D eigenvalue weighted by Crippen LogP contribution is 2.25. The number of amides is 1. The second-order valence-corrected chi connectivity index (χ2v) is 5.48. The van der Waals surface area contributed by atoms with Crippen molar-refractivity contribution in [3.8, 4) is 0 Å². The average Bonchev–Trinajstić information content (AvgIpc) is 2.31. The van der Waals surface area contributed by atoms with Gasteiger partial charge in [-0.15, -0.1) is 0 Å². The van der Waals surface area contributed by atoms with Gasteiger partial charge in [0.15, 0.2) is 0 Å². The van der Waals surface area contributed by atoms with E-state index in [1.54, 1.807) is 0 Å². The number of carbonyl (C=O) groups is 1. The van der Waals surface area contributed by atoms with E-state index in [-0.39, 0.29) is 12.3 Å². The predicted molar refractivity (Wildman–Crippen MR) is 81.7 cm³/mol. The SMILES string of the molecule is CCCc1c(NCC)ncnc1NC(C)(C)CC(N)=O. The van der Waals surface area contributed by atoms with Crippen molar-refractivity contribution < 1.29 is 4.79 Å². The summed E-state index contributed by atoms with van der Waals surface area (Å²) in [5.41, 5.74) is 5.89. The van der Waals surface area contributed by atoms with Crippen molar-refractivity contribution in [3.05, 3.63) is 11.9 Å². The number of primary amides is 1. The molecule has 6 nitrogen and oxygen atoms in total. The molecule has 1 rings (SSSR count). The van der Waals surface area contributed by atoms with Gasteiger partial charge in [-0.05, 0) is 27.2 Å². The molecule has 0 unspecified atom stereocenters. The zero-order chi connectivity index (χ0) is 15.2. The minimum absolute atomic E-state index is 0.249. The molecule has 112 valence electrons. The van der Waals surface area contributed by atoms with Gasteiger partial charge in [-0.3, -0.25) is 4.79 Å². The summed E-state index contributed by atoms with van der Waals surface area (Å²) in [6.07, 6.45) is 3.65. The number of nitrogens with zero attached hydrogens (tertiary/aromatic N) is 2. The summed E-state index contributed by atoms with van der Waals surface area (Å²) in [5, 5.41) is 6.56. The Morgan fingerprint density at radius 3 is 2.50 bits per heavy atom. The quantitative estimate of drug-likeness (QED) is 0.676. The van der Waals surface area contributed by atoms with Gasteiger partial charge in [0, 0.05) is 24.1 Å². The maximum atomic E-state index is 11.1. The molecule has 0 atom stereocenters. The molecule has 0 saturated carbocycles. The minimum Gasteiger partial charge on any atom is -0.370 e. The Hall–Kier alpha value is -1.85. The topological polar surface area (TPSA) is 92.9 Å². The number of hydrogen-bond donors (Lipinski definition) is 3. The average molecular weight is 279 g/mol. The molecule has 0 aliphatic carbocycles. The molecule has 0 aliphatic rings. The van der Waals surface area contributed by atoms with Crippen LogP contribution in [0.4, 0.5) is 11.6 Å². The highest BCUT2D eigenvalue weighted by Gasteiger charge is 2.23. The van der Waals surface area contributed by atoms with Crippen LogP contribution in [0.2, 0.25) is 0 Å². The summed E-state index contributed by atoms with van der Waals surface area (Å²) in [4.78, 5) is 19.7. The third-order valence-corrected chi connectivity index (χ3v) is 2.86. The predicted octanol–water partition coefficient (Wildman–Crippen LogP) is 1.93. The maximum Gasteiger partial charge on any atom is 0.219 e. The first-order valence-corrected chi connectivity index (χ1v) is 7.03. The number of hydrogen-bond acceptors (Lipinski definition) is 5. The fourth-order valence-corrected chi connectivity index (χ4v) is 2.13. The largest absolute Gasteiger partial charge is 0.370 e. The van der Waals surface area contributed by atoms with Crippen LogP contribution in [0.25, 0.3) is 0 Å². The summed E-state index contributed by atoms with van der Waals surface area (Å²) < 4.78 is 0. The Balaban J connectivity index is 3.04. The number of carbonyl (C=O) groups excluding carboxylic acids is 1. The molecule has 1 aromatic rings. The summed E-state index contributed by atoms with van der Waals surface area (Å²) in [7, 11) is 0. The van der Waals surface area contributed by atoms with Gasteiger partial charge in [-0.1, -0.05) is 13.3 Å². The van der Waals surface area contributed by atoms with Gasteiger partial charge in [-0.2, -0.15) is 0 Å². The lowest BCUT2D eigenvalue weighted by Crippen LogP contribution is -2.36. The van der Waals surface area contributed by atoms with E-state index < -0.39 is 5.54 Å². The molecule has 1 amide bonds. The number of rotatable bonds is 8. The van der Waals surface area contributed by atoms with Gasteiger partial charge < -0.3 is 16.4 Å². The highest BCUT2D eigenvalue weighted by atomic mass is 16.1. The van der Waals surface area contributed by atoms with Crippen LogP contribution in [0.3, 0.4) is 0 Å². The standard InChI is InChI=1S/C14H25N5O/c1-5-7-10-12(16-6-2)17-9-18-13(10)19-14(3,4)8-11(15)20/h9H,5-8H2,1-4H3,(H2,15,20)(H2,16,17,18,19). The summed E-state index contributed by atoms with van der Waals surface area (Å²) >= 11 is 0. The van der Waals surface area contributed by atoms with E-state index in [2.05, 4.69) is 27.5 Å². The first kappa shape index (κ1) is 16.2. The van der Waals surface area contributed by atoms with Gasteiger partial charge in [0.2, 0.25) is 5.91 Å². The lowest BCUT2D eigenvalue weighted by atomic mass is 9.99. The lowest BCUT2D eigenvalue weighted by molar-refractivity contribution is -0.118. The van der Waals surface area contributed by atoms with E-state index in [0.29, 0.717) is 0 Å². The molecule has 0 radical (unpaired) electrons. The second kappa shape index (κ2) is 7.07. The van der Waals surface area contributed by atoms with Gasteiger partial charge in [0.05, 0.1) is 0 Å². The summed E-state index contributed by atoms with van der Waals surface area (Å²) in [5.74, 6) is 1.28. The molecular weight excluding hydrogens is 254 g/mol. The van der Waals surface area contributed by atoms with Crippen molar-refractivity contribution in [1.29, 1.82) is 0 Å². The minimum atomic E-state index is -0.438. The van der Waals surface area contributed by atoms with Gasteiger partial charge in [0.25, 0.3) is 0 Å². The molecule has 0 bridgehead atoms. The smallest absolute Gasteiger partial charge is 0.219 e. The van der Waals surface area contributed by atoms with Crippen LogP contribution in [0.15, 0.2) is 6.33 Å². The van der Waals surface area contributed by atoms with Crippen molar-refractivity contribution in [1.82, 2.24) is 9.97 Å². The summed E-state index contributed by atoms with van der Waals surface area (Å²) in [6.45, 7) is 8.81. The Morgan fingerprint density at radius 1 is 1.30 bits per heavy atom. The fourth-order valence-electron chi connectivity index (χ4n) is 2.13. The molecule has 4 N–H and O–H groups in total. The van der Waals surface area contributed by atoms with Crippen molar-refractivity contribution in [2.24, 2.45) is 5.73 Å². The van der Waals surface area contributed by atoms with E-state index >= 15 is 0 Å². The monoisotopic (exact) mass is 279 g/mol. The van der Waals surface area contributed by atoms with Gasteiger partial charge >= 0.3 is 0 Å². The number of aromatic nitrogens is 2. The zero-order valence-corrected chi connectivity index (χ0v) is 12.8. The first-order chi connectivity index (χ1) is 9.39. The molecule has 0 spiro atoms. The third kappa shape index (κ3) is 4.68. The van der Waals surface area contributed by atoms with Gasteiger partial charge in [0.1, 0.15) is 18.0 Å². The van der Waals surface area contributed by atoms with Crippen LogP contribution in [-0.2, 0) is 11.2 Å². The molecule has 20 heavy (non-hydrogen) atoms. The number of nitrogens with one attached hydrogen (secondary N) is 2. The fraction of sp³-hybridized carbons (Fsp3) is 0.643. The van der Waals surface area contributed by atoms with Crippen LogP contribution in [0.5, 0.6) is 0 Å². The lowest BCUT2D eigenvalue weighted by Gasteiger charge is -2.27. The van der Waals surface area contributed by atoms with Gasteiger partial charge in [-0.25, -0.2) is 9.97 Å². The van der Waals surface area contributed by atoms with E-state index in [1.807, 2.05) is 20.8 Å². The Labute approximate surface area is 120 Å². The molecule has 0 aliphatic heterocycles. The zero-order valence-electron chi connectivity index (χ0n) is 12.8. The number of anilines is 2. The van der Waals surface area contributed by atoms with Crippen molar-refractivity contribution in [2.45, 2.75) is 52.5 Å². The third-order valence-electron chi connectivity index (χ3n) is 2.86. The molecule has 0 saturated heterocycles. The molecule has 1 aromatic heterocycles. The first-order valence-electron chi connectivity index (χ1n) is 7.03. The highest BCUT2D eigenvalue weighted by molar-refractivity contribution is 5.75. The molecule has 0 fully saturated rings. The maximum absolute atomic E-state index is 11.1. The van der Waals surface area contributed by atoms with Crippen LogP contribution in [-0.4, -0.2) is 28.0 Å². The van der Waals surface area contributed by atoms with Crippen molar-refractivity contribution >= 4 is 17.5 Å². The Bertz CT molecular complexity index is 459. The molecule has 6 heteroatoms. The van der Waals surface area contributed by atoms with Crippen LogP contribution >= 0.6 is 0 Å². The van der Waals surface area contributed by atoms with Crippen molar-refractivity contribution in [2.75, 3.05) is 17.2 Å². The second-order valence-electron chi connectivity index (χ2n) is 5.48. The molecule has 0 aromatic carbocycles. The van der Waals surface area contributed by atoms with Crippen LogP contribution in [0, 0.1) is 0 Å². The van der Waals surface area contributed by atoms with E-state index in [1.165, 1.54) is 6.33 Å². The molecular formula is C14H25N5O. The normalized spacial score (nSPS) is 11.2. The van der Waals surface area contributed by atoms with E-state index in [4.69, 9.17) is 5.73 Å².